The zero-order valence-corrected chi connectivity index (χ0v) is 11.9. The number of hydrogen-bond donors (Lipinski definition) is 0. The van der Waals surface area contributed by atoms with Crippen LogP contribution in [-0.2, 0) is 0 Å². The van der Waals surface area contributed by atoms with Crippen LogP contribution in [0.25, 0.3) is 0 Å². The Balaban J connectivity index is 1.83. The first-order chi connectivity index (χ1) is 8.76. The van der Waals surface area contributed by atoms with Crippen LogP contribution in [0.5, 0.6) is 0 Å². The number of rotatable bonds is 5. The van der Waals surface area contributed by atoms with Gasteiger partial charge in [-0.2, -0.15) is 0 Å². The molecular weight excluding hydrogens is 226 g/mol. The molecule has 0 N–H and O–H groups in total. The number of piperazine rings is 1. The summed E-state index contributed by atoms with van der Waals surface area (Å²) in [5.74, 6) is 0. The van der Waals surface area contributed by atoms with Crippen molar-refractivity contribution < 1.29 is 4.79 Å². The molecule has 104 valence electrons. The van der Waals surface area contributed by atoms with Gasteiger partial charge < -0.3 is 9.80 Å². The van der Waals surface area contributed by atoms with Gasteiger partial charge in [-0.3, -0.25) is 4.90 Å². The molecule has 0 aromatic heterocycles. The Kier molecular flexibility index (Phi) is 4.87. The van der Waals surface area contributed by atoms with Gasteiger partial charge in [-0.15, -0.1) is 0 Å². The van der Waals surface area contributed by atoms with E-state index >= 15 is 0 Å². The molecule has 0 aromatic rings. The largest absolute Gasteiger partial charge is 0.325 e. The van der Waals surface area contributed by atoms with Crippen molar-refractivity contribution in [3.63, 3.8) is 0 Å². The number of carbonyl (C=O) groups is 1. The molecule has 4 heteroatoms. The van der Waals surface area contributed by atoms with E-state index in [1.165, 1.54) is 25.8 Å². The van der Waals surface area contributed by atoms with Crippen LogP contribution in [0.15, 0.2) is 0 Å². The molecule has 0 saturated carbocycles. The molecule has 0 unspecified atom stereocenters. The quantitative estimate of drug-likeness (QED) is 0.701. The van der Waals surface area contributed by atoms with Gasteiger partial charge in [-0.05, 0) is 26.3 Å². The predicted molar refractivity (Wildman–Crippen MR) is 73.7 cm³/mol. The number of nitrogens with zero attached hydrogens (tertiary/aromatic N) is 3. The van der Waals surface area contributed by atoms with Crippen molar-refractivity contribution in [3.8, 4) is 0 Å². The summed E-state index contributed by atoms with van der Waals surface area (Å²) in [6, 6.07) is 0.734. The number of hydrogen-bond acceptors (Lipinski definition) is 2. The maximum Gasteiger partial charge on any atom is 0.320 e. The number of amides is 2. The normalized spacial score (nSPS) is 25.4. The highest BCUT2D eigenvalue weighted by Crippen LogP contribution is 2.20. The van der Waals surface area contributed by atoms with Crippen LogP contribution in [0, 0.1) is 0 Å². The van der Waals surface area contributed by atoms with Gasteiger partial charge in [-0.1, -0.05) is 19.8 Å². The van der Waals surface area contributed by atoms with E-state index in [-0.39, 0.29) is 6.03 Å². The minimum Gasteiger partial charge on any atom is -0.325 e. The monoisotopic (exact) mass is 253 g/mol. The molecule has 0 spiro atoms. The maximum atomic E-state index is 12.2. The Morgan fingerprint density at radius 2 is 2.00 bits per heavy atom. The van der Waals surface area contributed by atoms with Crippen LogP contribution in [-0.4, -0.2) is 66.0 Å². The zero-order chi connectivity index (χ0) is 13.0. The lowest BCUT2D eigenvalue weighted by Crippen LogP contribution is -2.62. The molecule has 2 saturated heterocycles. The van der Waals surface area contributed by atoms with E-state index in [1.807, 2.05) is 4.90 Å². The fraction of sp³-hybridized carbons (Fsp3) is 0.929. The van der Waals surface area contributed by atoms with E-state index in [2.05, 4.69) is 23.6 Å². The molecule has 1 atom stereocenters. The molecule has 2 heterocycles. The van der Waals surface area contributed by atoms with Crippen LogP contribution in [0.1, 0.15) is 39.5 Å². The van der Waals surface area contributed by atoms with Crippen molar-refractivity contribution in [2.75, 3.05) is 39.3 Å². The Morgan fingerprint density at radius 1 is 1.17 bits per heavy atom. The van der Waals surface area contributed by atoms with E-state index in [0.717, 1.165) is 39.1 Å². The topological polar surface area (TPSA) is 26.8 Å². The third-order valence-electron chi connectivity index (χ3n) is 4.27. The third-order valence-corrected chi connectivity index (χ3v) is 4.27. The highest BCUT2D eigenvalue weighted by atomic mass is 16.2. The SMILES string of the molecule is CCCCCN1CCN2C(=O)N(CC)CC[C@H]2C1. The molecule has 2 aliphatic heterocycles. The summed E-state index contributed by atoms with van der Waals surface area (Å²) in [6.07, 6.45) is 5.06. The van der Waals surface area contributed by atoms with E-state index in [1.54, 1.807) is 0 Å². The molecule has 0 aliphatic carbocycles. The second kappa shape index (κ2) is 6.41. The van der Waals surface area contributed by atoms with Gasteiger partial charge in [0.15, 0.2) is 0 Å². The fourth-order valence-corrected chi connectivity index (χ4v) is 3.08. The predicted octanol–water partition coefficient (Wildman–Crippen LogP) is 2.01. The van der Waals surface area contributed by atoms with Crippen molar-refractivity contribution >= 4 is 6.03 Å². The molecule has 0 radical (unpaired) electrons. The van der Waals surface area contributed by atoms with E-state index in [4.69, 9.17) is 0 Å². The summed E-state index contributed by atoms with van der Waals surface area (Å²) in [6.45, 7) is 10.4. The first kappa shape index (κ1) is 13.7. The minimum atomic E-state index is 0.266. The summed E-state index contributed by atoms with van der Waals surface area (Å²) >= 11 is 0. The van der Waals surface area contributed by atoms with Crippen molar-refractivity contribution in [2.24, 2.45) is 0 Å². The average molecular weight is 253 g/mol. The van der Waals surface area contributed by atoms with Crippen LogP contribution in [0.4, 0.5) is 4.79 Å². The minimum absolute atomic E-state index is 0.266. The van der Waals surface area contributed by atoms with Gasteiger partial charge in [0, 0.05) is 38.8 Å². The highest BCUT2D eigenvalue weighted by Gasteiger charge is 2.35. The van der Waals surface area contributed by atoms with Crippen molar-refractivity contribution in [3.05, 3.63) is 0 Å². The molecule has 2 amide bonds. The number of unbranched alkanes of at least 4 members (excludes halogenated alkanes) is 2. The Labute approximate surface area is 111 Å². The lowest BCUT2D eigenvalue weighted by atomic mass is 10.1. The summed E-state index contributed by atoms with van der Waals surface area (Å²) in [5, 5.41) is 0. The second-order valence-corrected chi connectivity index (χ2v) is 5.51. The second-order valence-electron chi connectivity index (χ2n) is 5.51. The summed E-state index contributed by atoms with van der Waals surface area (Å²) < 4.78 is 0. The molecule has 0 aromatic carbocycles. The summed E-state index contributed by atoms with van der Waals surface area (Å²) in [5.41, 5.74) is 0. The molecule has 2 aliphatic rings. The van der Waals surface area contributed by atoms with Crippen molar-refractivity contribution in [1.82, 2.24) is 14.7 Å². The van der Waals surface area contributed by atoms with Crippen LogP contribution in [0.2, 0.25) is 0 Å². The van der Waals surface area contributed by atoms with Gasteiger partial charge in [-0.25, -0.2) is 4.79 Å². The lowest BCUT2D eigenvalue weighted by molar-refractivity contribution is 0.0450. The third kappa shape index (κ3) is 2.97. The fourth-order valence-electron chi connectivity index (χ4n) is 3.08. The summed E-state index contributed by atoms with van der Waals surface area (Å²) in [7, 11) is 0. The van der Waals surface area contributed by atoms with Gasteiger partial charge in [0.05, 0.1) is 0 Å². The standard InChI is InChI=1S/C14H27N3O/c1-3-5-6-8-15-10-11-17-13(12-15)7-9-16(4-2)14(17)18/h13H,3-12H2,1-2H3/t13-/m0/s1. The molecule has 4 nitrogen and oxygen atoms in total. The van der Waals surface area contributed by atoms with Crippen LogP contribution < -0.4 is 0 Å². The van der Waals surface area contributed by atoms with Gasteiger partial charge in [0.2, 0.25) is 0 Å². The highest BCUT2D eigenvalue weighted by molar-refractivity contribution is 5.75. The Morgan fingerprint density at radius 3 is 2.72 bits per heavy atom. The summed E-state index contributed by atoms with van der Waals surface area (Å²) in [4.78, 5) is 18.8. The first-order valence-corrected chi connectivity index (χ1v) is 7.54. The molecule has 18 heavy (non-hydrogen) atoms. The van der Waals surface area contributed by atoms with Crippen molar-refractivity contribution in [2.45, 2.75) is 45.6 Å². The first-order valence-electron chi connectivity index (χ1n) is 7.54. The Hall–Kier alpha value is -0.770. The van der Waals surface area contributed by atoms with E-state index in [9.17, 15) is 4.79 Å². The molecule has 0 bridgehead atoms. The van der Waals surface area contributed by atoms with Crippen LogP contribution >= 0.6 is 0 Å². The maximum absolute atomic E-state index is 12.2. The van der Waals surface area contributed by atoms with Crippen molar-refractivity contribution in [1.29, 1.82) is 0 Å². The van der Waals surface area contributed by atoms with E-state index in [0.29, 0.717) is 6.04 Å². The number of urea groups is 1. The molecule has 2 fully saturated rings. The van der Waals surface area contributed by atoms with E-state index < -0.39 is 0 Å². The number of carbonyl (C=O) groups excluding carboxylic acids is 1. The zero-order valence-electron chi connectivity index (χ0n) is 11.9. The lowest BCUT2D eigenvalue weighted by Gasteiger charge is -2.47. The van der Waals surface area contributed by atoms with Gasteiger partial charge in [0.25, 0.3) is 0 Å². The van der Waals surface area contributed by atoms with Crippen LogP contribution in [0.3, 0.4) is 0 Å². The average Bonchev–Trinajstić information content (AvgIpc) is 2.39. The molecular formula is C14H27N3O. The Bertz CT molecular complexity index is 282. The number of fused-ring (bicyclic) bond motifs is 1. The molecule has 2 rings (SSSR count). The van der Waals surface area contributed by atoms with Gasteiger partial charge >= 0.3 is 6.03 Å². The van der Waals surface area contributed by atoms with Gasteiger partial charge in [0.1, 0.15) is 0 Å². The smallest absolute Gasteiger partial charge is 0.320 e.